The van der Waals surface area contributed by atoms with Crippen molar-refractivity contribution in [1.29, 1.82) is 0 Å². The highest BCUT2D eigenvalue weighted by molar-refractivity contribution is 6.03. The van der Waals surface area contributed by atoms with Crippen LogP contribution in [0.1, 0.15) is 16.2 Å². The maximum Gasteiger partial charge on any atom is 0.274 e. The molecule has 0 aliphatic rings. The van der Waals surface area contributed by atoms with Gasteiger partial charge >= 0.3 is 0 Å². The van der Waals surface area contributed by atoms with Crippen LogP contribution >= 0.6 is 0 Å². The molecule has 2 aromatic carbocycles. The van der Waals surface area contributed by atoms with Crippen LogP contribution in [0.5, 0.6) is 11.5 Å². The Morgan fingerprint density at radius 3 is 2.55 bits per heavy atom. The highest BCUT2D eigenvalue weighted by atomic mass is 19.1. The Hall–Kier alpha value is -3.68. The molecular weight excluding hydrogens is 375 g/mol. The quantitative estimate of drug-likeness (QED) is 0.565. The van der Waals surface area contributed by atoms with Crippen molar-refractivity contribution >= 4 is 17.5 Å². The van der Waals surface area contributed by atoms with Gasteiger partial charge in [-0.3, -0.25) is 4.79 Å². The molecule has 3 aromatic rings. The van der Waals surface area contributed by atoms with E-state index >= 15 is 0 Å². The number of hydrogen-bond donors (Lipinski definition) is 2. The zero-order valence-corrected chi connectivity index (χ0v) is 16.1. The first kappa shape index (κ1) is 20.1. The number of rotatable bonds is 8. The summed E-state index contributed by atoms with van der Waals surface area (Å²) in [6.07, 6.45) is 0. The van der Waals surface area contributed by atoms with E-state index < -0.39 is 11.7 Å². The number of carbonyl (C=O) groups excluding carboxylic acids is 1. The fourth-order valence-corrected chi connectivity index (χ4v) is 2.53. The van der Waals surface area contributed by atoms with Crippen molar-refractivity contribution in [1.82, 2.24) is 9.97 Å². The van der Waals surface area contributed by atoms with Gasteiger partial charge in [-0.15, -0.1) is 0 Å². The lowest BCUT2D eigenvalue weighted by Crippen LogP contribution is -2.18. The summed E-state index contributed by atoms with van der Waals surface area (Å²) in [5.74, 6) is 0.910. The number of hydrogen-bond acceptors (Lipinski definition) is 6. The van der Waals surface area contributed by atoms with Crippen LogP contribution in [0.25, 0.3) is 0 Å². The van der Waals surface area contributed by atoms with E-state index in [2.05, 4.69) is 20.6 Å². The summed E-state index contributed by atoms with van der Waals surface area (Å²) in [7, 11) is 1.61. The van der Waals surface area contributed by atoms with Crippen LogP contribution in [0.4, 0.5) is 16.0 Å². The molecule has 1 heterocycles. The van der Waals surface area contributed by atoms with E-state index in [-0.39, 0.29) is 5.69 Å². The van der Waals surface area contributed by atoms with Crippen molar-refractivity contribution in [2.45, 2.75) is 6.92 Å². The van der Waals surface area contributed by atoms with Crippen molar-refractivity contribution in [3.63, 3.8) is 0 Å². The van der Waals surface area contributed by atoms with E-state index in [1.165, 1.54) is 18.2 Å². The van der Waals surface area contributed by atoms with Gasteiger partial charge in [0.15, 0.2) is 0 Å². The molecule has 0 aliphatic carbocycles. The van der Waals surface area contributed by atoms with E-state index in [4.69, 9.17) is 9.47 Å². The molecule has 29 heavy (non-hydrogen) atoms. The summed E-state index contributed by atoms with van der Waals surface area (Å²) in [6.45, 7) is 2.59. The van der Waals surface area contributed by atoms with Gasteiger partial charge in [0.2, 0.25) is 5.95 Å². The molecule has 2 N–H and O–H groups in total. The Kier molecular flexibility index (Phi) is 6.57. The maximum absolute atomic E-state index is 13.3. The largest absolute Gasteiger partial charge is 0.497 e. The number of nitrogens with one attached hydrogen (secondary N) is 2. The van der Waals surface area contributed by atoms with E-state index in [1.807, 2.05) is 24.3 Å². The average Bonchev–Trinajstić information content (AvgIpc) is 2.71. The highest BCUT2D eigenvalue weighted by Gasteiger charge is 2.11. The topological polar surface area (TPSA) is 85.4 Å². The lowest BCUT2D eigenvalue weighted by Gasteiger charge is -2.10. The molecule has 150 valence electrons. The third-order valence-corrected chi connectivity index (χ3v) is 3.88. The number of aromatic nitrogens is 2. The first-order valence-corrected chi connectivity index (χ1v) is 8.97. The van der Waals surface area contributed by atoms with Gasteiger partial charge in [0.25, 0.3) is 5.91 Å². The number of halogens is 1. The first-order chi connectivity index (χ1) is 14.0. The molecule has 0 radical (unpaired) electrons. The predicted octanol–water partition coefficient (Wildman–Crippen LogP) is 3.68. The number of nitrogens with zero attached hydrogens (tertiary/aromatic N) is 2. The van der Waals surface area contributed by atoms with Crippen LogP contribution in [0.15, 0.2) is 54.6 Å². The second-order valence-corrected chi connectivity index (χ2v) is 6.13. The van der Waals surface area contributed by atoms with Crippen LogP contribution in [0, 0.1) is 12.7 Å². The van der Waals surface area contributed by atoms with Gasteiger partial charge in [-0.1, -0.05) is 6.07 Å². The van der Waals surface area contributed by atoms with Crippen LogP contribution in [0.3, 0.4) is 0 Å². The first-order valence-electron chi connectivity index (χ1n) is 8.97. The number of carbonyl (C=O) groups is 1. The number of ether oxygens (including phenoxy) is 2. The Morgan fingerprint density at radius 2 is 1.83 bits per heavy atom. The molecule has 0 fully saturated rings. The highest BCUT2D eigenvalue weighted by Crippen LogP contribution is 2.17. The molecule has 1 amide bonds. The molecule has 0 bridgehead atoms. The molecule has 0 saturated heterocycles. The van der Waals surface area contributed by atoms with Crippen molar-refractivity contribution < 1.29 is 18.7 Å². The molecule has 0 atom stereocenters. The Morgan fingerprint density at radius 1 is 1.07 bits per heavy atom. The van der Waals surface area contributed by atoms with Gasteiger partial charge in [0.1, 0.15) is 29.6 Å². The van der Waals surface area contributed by atoms with E-state index in [0.717, 1.165) is 5.75 Å². The van der Waals surface area contributed by atoms with Crippen molar-refractivity contribution in [2.24, 2.45) is 0 Å². The Bertz CT molecular complexity index is 980. The summed E-state index contributed by atoms with van der Waals surface area (Å²) in [6, 6.07) is 14.5. The summed E-state index contributed by atoms with van der Waals surface area (Å²) in [4.78, 5) is 20.9. The summed E-state index contributed by atoms with van der Waals surface area (Å²) in [5.41, 5.74) is 1.16. The van der Waals surface area contributed by atoms with Gasteiger partial charge in [-0.2, -0.15) is 0 Å². The monoisotopic (exact) mass is 396 g/mol. The van der Waals surface area contributed by atoms with Crippen molar-refractivity contribution in [3.8, 4) is 11.5 Å². The minimum atomic E-state index is -0.446. The number of anilines is 2. The van der Waals surface area contributed by atoms with E-state index in [1.54, 1.807) is 26.2 Å². The minimum Gasteiger partial charge on any atom is -0.497 e. The SMILES string of the molecule is COc1ccc(OCCNc2nc(C)cc(C(=O)Nc3cccc(F)c3)n2)cc1. The predicted molar refractivity (Wildman–Crippen MR) is 108 cm³/mol. The Balaban J connectivity index is 1.56. The number of amides is 1. The molecule has 1 aromatic heterocycles. The Labute approximate surface area is 167 Å². The zero-order valence-electron chi connectivity index (χ0n) is 16.1. The van der Waals surface area contributed by atoms with Crippen LogP contribution < -0.4 is 20.1 Å². The van der Waals surface area contributed by atoms with E-state index in [9.17, 15) is 9.18 Å². The lowest BCUT2D eigenvalue weighted by atomic mass is 10.3. The molecule has 8 heteroatoms. The van der Waals surface area contributed by atoms with Crippen molar-refractivity contribution in [3.05, 3.63) is 71.8 Å². The van der Waals surface area contributed by atoms with Gasteiger partial charge < -0.3 is 20.1 Å². The second kappa shape index (κ2) is 9.50. The fourth-order valence-electron chi connectivity index (χ4n) is 2.53. The molecule has 0 saturated carbocycles. The molecule has 3 rings (SSSR count). The third-order valence-electron chi connectivity index (χ3n) is 3.88. The second-order valence-electron chi connectivity index (χ2n) is 6.13. The molecule has 0 spiro atoms. The van der Waals surface area contributed by atoms with Gasteiger partial charge in [-0.25, -0.2) is 14.4 Å². The van der Waals surface area contributed by atoms with Gasteiger partial charge in [0.05, 0.1) is 13.7 Å². The number of methoxy groups -OCH3 is 1. The normalized spacial score (nSPS) is 10.3. The zero-order chi connectivity index (χ0) is 20.6. The number of aryl methyl sites for hydroxylation is 1. The summed E-state index contributed by atoms with van der Waals surface area (Å²) >= 11 is 0. The molecule has 7 nitrogen and oxygen atoms in total. The van der Waals surface area contributed by atoms with E-state index in [0.29, 0.717) is 36.2 Å². The van der Waals surface area contributed by atoms with Crippen LogP contribution in [-0.2, 0) is 0 Å². The summed E-state index contributed by atoms with van der Waals surface area (Å²) < 4.78 is 24.0. The lowest BCUT2D eigenvalue weighted by molar-refractivity contribution is 0.102. The molecular formula is C21H21FN4O3. The smallest absolute Gasteiger partial charge is 0.274 e. The standard InChI is InChI=1S/C21H21FN4O3/c1-14-12-19(20(27)25-16-5-3-4-15(22)13-16)26-21(24-14)23-10-11-29-18-8-6-17(28-2)7-9-18/h3-9,12-13H,10-11H2,1-2H3,(H,25,27)(H,23,24,26). The van der Waals surface area contributed by atoms with Crippen molar-refractivity contribution in [2.75, 3.05) is 30.9 Å². The van der Waals surface area contributed by atoms with Crippen LogP contribution in [0.2, 0.25) is 0 Å². The summed E-state index contributed by atoms with van der Waals surface area (Å²) in [5, 5.41) is 5.65. The fraction of sp³-hybridized carbons (Fsp3) is 0.190. The molecule has 0 unspecified atom stereocenters. The number of benzene rings is 2. The van der Waals surface area contributed by atoms with Crippen LogP contribution in [-0.4, -0.2) is 36.1 Å². The minimum absolute atomic E-state index is 0.181. The van der Waals surface area contributed by atoms with Gasteiger partial charge in [-0.05, 0) is 55.5 Å². The van der Waals surface area contributed by atoms with Gasteiger partial charge in [0, 0.05) is 11.4 Å². The maximum atomic E-state index is 13.3. The third kappa shape index (κ3) is 5.90. The molecule has 0 aliphatic heterocycles. The average molecular weight is 396 g/mol.